The number of rotatable bonds is 1. The van der Waals surface area contributed by atoms with E-state index in [1.807, 2.05) is 0 Å². The monoisotopic (exact) mass is 319 g/mol. The Hall–Kier alpha value is 0.984. The topological polar surface area (TPSA) is 54.6 Å². The fourth-order valence-corrected chi connectivity index (χ4v) is 1.78. The molecule has 1 aliphatic rings. The minimum atomic E-state index is -0.500. The Balaban J connectivity index is 0. The minimum absolute atomic E-state index is 0. The van der Waals surface area contributed by atoms with Crippen LogP contribution in [0.1, 0.15) is 54.4 Å². The molecule has 1 radical (unpaired) electrons. The van der Waals surface area contributed by atoms with Gasteiger partial charge >= 0.3 is 0 Å². The molecule has 1 unspecified atom stereocenters. The first-order chi connectivity index (χ1) is 6.91. The van der Waals surface area contributed by atoms with Gasteiger partial charge in [-0.1, -0.05) is 20.8 Å². The van der Waals surface area contributed by atoms with E-state index in [2.05, 4.69) is 26.1 Å². The molecule has 3 nitrogen and oxygen atoms in total. The Morgan fingerprint density at radius 2 is 1.53 bits per heavy atom. The second-order valence-electron chi connectivity index (χ2n) is 6.99. The third kappa shape index (κ3) is 14.9. The van der Waals surface area contributed by atoms with Gasteiger partial charge in [0.25, 0.3) is 0 Å². The fraction of sp³-hybridized carbons (Fsp3) is 1.00. The van der Waals surface area contributed by atoms with Gasteiger partial charge in [0.15, 0.2) is 0 Å². The quantitative estimate of drug-likeness (QED) is 0.781. The van der Waals surface area contributed by atoms with Crippen molar-refractivity contribution in [2.45, 2.75) is 65.6 Å². The van der Waals surface area contributed by atoms with Gasteiger partial charge in [0.1, 0.15) is 0 Å². The van der Waals surface area contributed by atoms with Crippen LogP contribution in [-0.2, 0) is 32.7 Å². The molecule has 2 N–H and O–H groups in total. The fourth-order valence-electron chi connectivity index (χ4n) is 1.78. The minimum Gasteiger partial charge on any atom is -0.660 e. The molecule has 0 aromatic carbocycles. The van der Waals surface area contributed by atoms with Crippen LogP contribution in [-0.4, -0.2) is 34.5 Å². The van der Waals surface area contributed by atoms with Crippen molar-refractivity contribution in [3.63, 3.8) is 0 Å². The molecule has 1 saturated heterocycles. The van der Waals surface area contributed by atoms with Crippen LogP contribution in [0.3, 0.4) is 0 Å². The molecule has 4 heteroatoms. The van der Waals surface area contributed by atoms with E-state index in [9.17, 15) is 5.11 Å². The zero-order chi connectivity index (χ0) is 13.0. The van der Waals surface area contributed by atoms with Gasteiger partial charge in [-0.25, -0.2) is 0 Å². The summed E-state index contributed by atoms with van der Waals surface area (Å²) in [5.74, 6) is 0. The Morgan fingerprint density at radius 1 is 1.12 bits per heavy atom. The van der Waals surface area contributed by atoms with Crippen molar-refractivity contribution in [3.8, 4) is 0 Å². The third-order valence-corrected chi connectivity index (χ3v) is 2.00. The summed E-state index contributed by atoms with van der Waals surface area (Å²) in [4.78, 5) is 0. The average molecular weight is 319 g/mol. The second kappa shape index (κ2) is 7.54. The molecule has 0 aromatic rings. The van der Waals surface area contributed by atoms with Crippen molar-refractivity contribution < 1.29 is 42.9 Å². The molecule has 0 bridgehead atoms. The van der Waals surface area contributed by atoms with E-state index >= 15 is 0 Å². The largest absolute Gasteiger partial charge is 0.660 e. The van der Waals surface area contributed by atoms with Crippen LogP contribution in [0.25, 0.3) is 5.32 Å². The van der Waals surface area contributed by atoms with Gasteiger partial charge in [0, 0.05) is 38.3 Å². The van der Waals surface area contributed by atoms with E-state index in [-0.39, 0.29) is 38.1 Å². The number of aliphatic hydroxyl groups is 2. The smallest absolute Gasteiger partial charge is 0.0563 e. The second-order valence-corrected chi connectivity index (χ2v) is 6.99. The molecule has 0 saturated carbocycles. The zero-order valence-electron chi connectivity index (χ0n) is 12.2. The maximum atomic E-state index is 9.93. The van der Waals surface area contributed by atoms with E-state index in [1.165, 1.54) is 0 Å². The molecule has 0 aliphatic carbocycles. The van der Waals surface area contributed by atoms with Gasteiger partial charge in [-0.3, -0.25) is 0 Å². The Kier molecular flexibility index (Phi) is 9.01. The van der Waals surface area contributed by atoms with Crippen molar-refractivity contribution in [1.29, 1.82) is 0 Å². The van der Waals surface area contributed by atoms with Gasteiger partial charge in [-0.15, -0.1) is 13.1 Å². The van der Waals surface area contributed by atoms with Crippen molar-refractivity contribution in [2.24, 2.45) is 5.41 Å². The van der Waals surface area contributed by atoms with Gasteiger partial charge in [-0.05, 0) is 39.0 Å². The van der Waals surface area contributed by atoms with Crippen LogP contribution < -0.4 is 0 Å². The van der Waals surface area contributed by atoms with Crippen molar-refractivity contribution in [3.05, 3.63) is 5.32 Å². The SMILES string of the molecule is CC(C)(C)CC1(O)CC[N-]C1.CC(C)(C)O.[Y]. The zero-order valence-corrected chi connectivity index (χ0v) is 15.1. The summed E-state index contributed by atoms with van der Waals surface area (Å²) in [5.41, 5.74) is -0.771. The molecule has 1 aliphatic heterocycles. The standard InChI is InChI=1S/C9H18NO.C4H10O.Y/c1-8(2,3)6-9(11)4-5-10-7-9;1-4(2,3)5;/h11H,4-7H2,1-3H3;5H,1-3H3;/q-1;;. The van der Waals surface area contributed by atoms with Gasteiger partial charge < -0.3 is 15.5 Å². The Bertz CT molecular complexity index is 194. The van der Waals surface area contributed by atoms with E-state index in [1.54, 1.807) is 20.8 Å². The first-order valence-corrected chi connectivity index (χ1v) is 5.99. The van der Waals surface area contributed by atoms with Crippen LogP contribution in [0.2, 0.25) is 0 Å². The first-order valence-electron chi connectivity index (χ1n) is 5.99. The summed E-state index contributed by atoms with van der Waals surface area (Å²) in [6.07, 6.45) is 1.72. The van der Waals surface area contributed by atoms with Crippen molar-refractivity contribution in [1.82, 2.24) is 0 Å². The molecular weight excluding hydrogens is 291 g/mol. The average Bonchev–Trinajstić information content (AvgIpc) is 2.26. The number of nitrogens with zero attached hydrogens (tertiary/aromatic N) is 1. The van der Waals surface area contributed by atoms with Crippen LogP contribution in [0.5, 0.6) is 0 Å². The van der Waals surface area contributed by atoms with Crippen LogP contribution in [0.4, 0.5) is 0 Å². The van der Waals surface area contributed by atoms with Crippen LogP contribution in [0, 0.1) is 5.41 Å². The molecular formula is C13H28NO2Y-. The van der Waals surface area contributed by atoms with E-state index in [4.69, 9.17) is 5.11 Å². The summed E-state index contributed by atoms with van der Waals surface area (Å²) in [6, 6.07) is 0. The molecule has 0 amide bonds. The molecule has 1 rings (SSSR count). The van der Waals surface area contributed by atoms with Crippen LogP contribution in [0.15, 0.2) is 0 Å². The summed E-state index contributed by atoms with van der Waals surface area (Å²) in [5, 5.41) is 22.6. The summed E-state index contributed by atoms with van der Waals surface area (Å²) in [6.45, 7) is 13.2. The molecule has 1 heterocycles. The summed E-state index contributed by atoms with van der Waals surface area (Å²) >= 11 is 0. The Labute approximate surface area is 132 Å². The van der Waals surface area contributed by atoms with Crippen LogP contribution >= 0.6 is 0 Å². The molecule has 1 atom stereocenters. The first kappa shape index (κ1) is 20.3. The van der Waals surface area contributed by atoms with Gasteiger partial charge in [0.05, 0.1) is 5.60 Å². The van der Waals surface area contributed by atoms with E-state index < -0.39 is 11.2 Å². The van der Waals surface area contributed by atoms with Crippen molar-refractivity contribution in [2.75, 3.05) is 13.1 Å². The number of hydrogen-bond acceptors (Lipinski definition) is 2. The molecule has 1 fully saturated rings. The predicted molar refractivity (Wildman–Crippen MR) is 68.7 cm³/mol. The van der Waals surface area contributed by atoms with E-state index in [0.717, 1.165) is 19.4 Å². The predicted octanol–water partition coefficient (Wildman–Crippen LogP) is 2.71. The Morgan fingerprint density at radius 3 is 1.76 bits per heavy atom. The van der Waals surface area contributed by atoms with Crippen molar-refractivity contribution >= 4 is 0 Å². The molecule has 101 valence electrons. The summed E-state index contributed by atoms with van der Waals surface area (Å²) < 4.78 is 0. The van der Waals surface area contributed by atoms with E-state index in [0.29, 0.717) is 6.54 Å². The molecule has 0 spiro atoms. The molecule has 0 aromatic heterocycles. The van der Waals surface area contributed by atoms with Gasteiger partial charge in [-0.2, -0.15) is 0 Å². The molecule has 17 heavy (non-hydrogen) atoms. The maximum Gasteiger partial charge on any atom is 0.0563 e. The number of hydrogen-bond donors (Lipinski definition) is 2. The normalized spacial score (nSPS) is 24.7. The summed E-state index contributed by atoms with van der Waals surface area (Å²) in [7, 11) is 0. The third-order valence-electron chi connectivity index (χ3n) is 2.00. The van der Waals surface area contributed by atoms with Gasteiger partial charge in [0.2, 0.25) is 0 Å². The maximum absolute atomic E-state index is 9.93.